The summed E-state index contributed by atoms with van der Waals surface area (Å²) in [7, 11) is 3.11. The van der Waals surface area contributed by atoms with Crippen LogP contribution in [-0.4, -0.2) is 20.1 Å². The Bertz CT molecular complexity index is 621. The minimum absolute atomic E-state index is 0.178. The first-order chi connectivity index (χ1) is 10.1. The van der Waals surface area contributed by atoms with Crippen molar-refractivity contribution in [2.45, 2.75) is 6.54 Å². The molecule has 0 aliphatic rings. The Labute approximate surface area is 132 Å². The summed E-state index contributed by atoms with van der Waals surface area (Å²) in [5.41, 5.74) is 1.51. The van der Waals surface area contributed by atoms with E-state index >= 15 is 0 Å². The normalized spacial score (nSPS) is 10.0. The average Bonchev–Trinajstić information content (AvgIpc) is 2.53. The Morgan fingerprint density at radius 1 is 1.10 bits per heavy atom. The van der Waals surface area contributed by atoms with Gasteiger partial charge in [0, 0.05) is 22.6 Å². The smallest absolute Gasteiger partial charge is 0.251 e. The number of halogens is 1. The van der Waals surface area contributed by atoms with Gasteiger partial charge in [-0.25, -0.2) is 0 Å². The van der Waals surface area contributed by atoms with E-state index in [2.05, 4.69) is 21.2 Å². The summed E-state index contributed by atoms with van der Waals surface area (Å²) >= 11 is 3.46. The molecule has 0 fully saturated rings. The van der Waals surface area contributed by atoms with Crippen molar-refractivity contribution >= 4 is 21.8 Å². The summed E-state index contributed by atoms with van der Waals surface area (Å²) in [6, 6.07) is 12.8. The van der Waals surface area contributed by atoms with Crippen molar-refractivity contribution in [2.24, 2.45) is 0 Å². The number of hydrogen-bond acceptors (Lipinski definition) is 3. The molecule has 0 aromatic heterocycles. The Kier molecular flexibility index (Phi) is 5.22. The Morgan fingerprint density at radius 3 is 2.29 bits per heavy atom. The van der Waals surface area contributed by atoms with Gasteiger partial charge >= 0.3 is 0 Å². The summed E-state index contributed by atoms with van der Waals surface area (Å²) in [4.78, 5) is 12.2. The zero-order valence-electron chi connectivity index (χ0n) is 11.9. The van der Waals surface area contributed by atoms with Crippen molar-refractivity contribution in [3.8, 4) is 11.5 Å². The number of carbonyl (C=O) groups is 1. The van der Waals surface area contributed by atoms with Crippen LogP contribution in [0, 0.1) is 0 Å². The fourth-order valence-electron chi connectivity index (χ4n) is 1.86. The number of carbonyl (C=O) groups excluding carboxylic acids is 1. The lowest BCUT2D eigenvalue weighted by Gasteiger charge is -2.10. The van der Waals surface area contributed by atoms with Gasteiger partial charge in [-0.3, -0.25) is 4.79 Å². The van der Waals surface area contributed by atoms with Crippen molar-refractivity contribution < 1.29 is 14.3 Å². The van der Waals surface area contributed by atoms with E-state index in [-0.39, 0.29) is 5.91 Å². The molecule has 0 bridgehead atoms. The standard InChI is InChI=1S/C16H16BrNO3/c1-20-13-7-12(8-14(9-13)21-2)16(19)18-10-11-5-3-4-6-15(11)17/h3-9H,10H2,1-2H3,(H,18,19). The molecular weight excluding hydrogens is 334 g/mol. The van der Waals surface area contributed by atoms with Crippen LogP contribution in [0.5, 0.6) is 11.5 Å². The fourth-order valence-corrected chi connectivity index (χ4v) is 2.28. The van der Waals surface area contributed by atoms with E-state index in [0.717, 1.165) is 10.0 Å². The summed E-state index contributed by atoms with van der Waals surface area (Å²) in [5.74, 6) is 0.990. The highest BCUT2D eigenvalue weighted by molar-refractivity contribution is 9.10. The third-order valence-electron chi connectivity index (χ3n) is 3.01. The van der Waals surface area contributed by atoms with Crippen molar-refractivity contribution in [3.63, 3.8) is 0 Å². The number of methoxy groups -OCH3 is 2. The third kappa shape index (κ3) is 3.98. The minimum Gasteiger partial charge on any atom is -0.497 e. The van der Waals surface area contributed by atoms with Gasteiger partial charge in [0.2, 0.25) is 0 Å². The average molecular weight is 350 g/mol. The number of ether oxygens (including phenoxy) is 2. The monoisotopic (exact) mass is 349 g/mol. The van der Waals surface area contributed by atoms with E-state index in [1.165, 1.54) is 0 Å². The molecule has 1 N–H and O–H groups in total. The van der Waals surface area contributed by atoms with Crippen LogP contribution in [0.25, 0.3) is 0 Å². The quantitative estimate of drug-likeness (QED) is 0.899. The molecule has 0 radical (unpaired) electrons. The molecular formula is C16H16BrNO3. The molecule has 5 heteroatoms. The third-order valence-corrected chi connectivity index (χ3v) is 3.78. The predicted molar refractivity (Wildman–Crippen MR) is 84.9 cm³/mol. The lowest BCUT2D eigenvalue weighted by Crippen LogP contribution is -2.23. The molecule has 0 spiro atoms. The number of nitrogens with one attached hydrogen (secondary N) is 1. The lowest BCUT2D eigenvalue weighted by molar-refractivity contribution is 0.0950. The molecule has 2 aromatic carbocycles. The van der Waals surface area contributed by atoms with Crippen LogP contribution in [-0.2, 0) is 6.54 Å². The molecule has 4 nitrogen and oxygen atoms in total. The molecule has 0 aliphatic carbocycles. The van der Waals surface area contributed by atoms with Gasteiger partial charge in [0.15, 0.2) is 0 Å². The summed E-state index contributed by atoms with van der Waals surface area (Å²) in [6.07, 6.45) is 0. The molecule has 0 saturated heterocycles. The number of rotatable bonds is 5. The van der Waals surface area contributed by atoms with Gasteiger partial charge in [-0.1, -0.05) is 34.1 Å². The van der Waals surface area contributed by atoms with Gasteiger partial charge in [-0.05, 0) is 23.8 Å². The van der Waals surface area contributed by atoms with Gasteiger partial charge in [0.25, 0.3) is 5.91 Å². The molecule has 0 heterocycles. The second-order valence-corrected chi connectivity index (χ2v) is 5.23. The van der Waals surface area contributed by atoms with E-state index in [1.807, 2.05) is 24.3 Å². The van der Waals surface area contributed by atoms with Crippen LogP contribution in [0.2, 0.25) is 0 Å². The van der Waals surface area contributed by atoms with Gasteiger partial charge in [-0.2, -0.15) is 0 Å². The van der Waals surface area contributed by atoms with Crippen molar-refractivity contribution in [3.05, 3.63) is 58.1 Å². The largest absolute Gasteiger partial charge is 0.497 e. The predicted octanol–water partition coefficient (Wildman–Crippen LogP) is 3.40. The number of benzene rings is 2. The zero-order chi connectivity index (χ0) is 15.2. The van der Waals surface area contributed by atoms with Gasteiger partial charge in [-0.15, -0.1) is 0 Å². The highest BCUT2D eigenvalue weighted by atomic mass is 79.9. The molecule has 110 valence electrons. The van der Waals surface area contributed by atoms with Crippen LogP contribution in [0.15, 0.2) is 46.9 Å². The molecule has 0 saturated carbocycles. The summed E-state index contributed by atoms with van der Waals surface area (Å²) in [6.45, 7) is 0.444. The van der Waals surface area contributed by atoms with Crippen molar-refractivity contribution in [1.82, 2.24) is 5.32 Å². The lowest BCUT2D eigenvalue weighted by atomic mass is 10.1. The van der Waals surface area contributed by atoms with Crippen LogP contribution >= 0.6 is 15.9 Å². The van der Waals surface area contributed by atoms with E-state index in [1.54, 1.807) is 32.4 Å². The van der Waals surface area contributed by atoms with Gasteiger partial charge in [0.05, 0.1) is 14.2 Å². The number of hydrogen-bond donors (Lipinski definition) is 1. The van der Waals surface area contributed by atoms with E-state index in [4.69, 9.17) is 9.47 Å². The van der Waals surface area contributed by atoms with E-state index in [9.17, 15) is 4.79 Å². The molecule has 0 atom stereocenters. The molecule has 2 aromatic rings. The highest BCUT2D eigenvalue weighted by Crippen LogP contribution is 2.22. The topological polar surface area (TPSA) is 47.6 Å². The number of amides is 1. The first-order valence-electron chi connectivity index (χ1n) is 6.38. The first-order valence-corrected chi connectivity index (χ1v) is 7.18. The van der Waals surface area contributed by atoms with Gasteiger partial charge in [0.1, 0.15) is 11.5 Å². The first kappa shape index (κ1) is 15.4. The molecule has 0 unspecified atom stereocenters. The summed E-state index contributed by atoms with van der Waals surface area (Å²) < 4.78 is 11.3. The molecule has 21 heavy (non-hydrogen) atoms. The van der Waals surface area contributed by atoms with Crippen LogP contribution < -0.4 is 14.8 Å². The maximum Gasteiger partial charge on any atom is 0.251 e. The molecule has 2 rings (SSSR count). The Hall–Kier alpha value is -2.01. The van der Waals surface area contributed by atoms with Crippen molar-refractivity contribution in [1.29, 1.82) is 0 Å². The second-order valence-electron chi connectivity index (χ2n) is 4.38. The van der Waals surface area contributed by atoms with E-state index in [0.29, 0.717) is 23.6 Å². The van der Waals surface area contributed by atoms with Crippen LogP contribution in [0.4, 0.5) is 0 Å². The molecule has 1 amide bonds. The van der Waals surface area contributed by atoms with Gasteiger partial charge < -0.3 is 14.8 Å². The maximum absolute atomic E-state index is 12.2. The minimum atomic E-state index is -0.178. The van der Waals surface area contributed by atoms with Crippen molar-refractivity contribution in [2.75, 3.05) is 14.2 Å². The summed E-state index contributed by atoms with van der Waals surface area (Å²) in [5, 5.41) is 2.88. The highest BCUT2D eigenvalue weighted by Gasteiger charge is 2.10. The zero-order valence-corrected chi connectivity index (χ0v) is 13.4. The molecule has 0 aliphatic heterocycles. The fraction of sp³-hybridized carbons (Fsp3) is 0.188. The van der Waals surface area contributed by atoms with Crippen LogP contribution in [0.1, 0.15) is 15.9 Å². The SMILES string of the molecule is COc1cc(OC)cc(C(=O)NCc2ccccc2Br)c1. The second kappa shape index (κ2) is 7.13. The Balaban J connectivity index is 2.11. The van der Waals surface area contributed by atoms with E-state index < -0.39 is 0 Å². The maximum atomic E-state index is 12.2. The van der Waals surface area contributed by atoms with Crippen LogP contribution in [0.3, 0.4) is 0 Å². The Morgan fingerprint density at radius 2 is 1.71 bits per heavy atom.